The van der Waals surface area contributed by atoms with E-state index in [0.29, 0.717) is 0 Å². The third kappa shape index (κ3) is 56.9. The normalized spacial score (nSPS) is 11.2. The number of ether oxygens (including phenoxy) is 2. The fraction of sp³-hybridized carbons (Fsp3) is 0.640. The van der Waals surface area contributed by atoms with E-state index in [4.69, 9.17) is 9.47 Å². The topological polar surface area (TPSA) is 58.9 Å². The molecule has 5 aromatic carbocycles. The Hall–Kier alpha value is -4.54. The molecular formula is C89H160N4O4+2. The van der Waals surface area contributed by atoms with E-state index < -0.39 is 0 Å². The van der Waals surface area contributed by atoms with Crippen molar-refractivity contribution in [3.8, 4) is 11.5 Å². The minimum atomic E-state index is 0. The van der Waals surface area contributed by atoms with Gasteiger partial charge in [0.1, 0.15) is 70.5 Å². The van der Waals surface area contributed by atoms with Crippen molar-refractivity contribution in [1.29, 1.82) is 0 Å². The lowest BCUT2D eigenvalue weighted by molar-refractivity contribution is -0.941. The van der Waals surface area contributed by atoms with Crippen LogP contribution in [0.2, 0.25) is 0 Å². The Labute approximate surface area is 604 Å². The summed E-state index contributed by atoms with van der Waals surface area (Å²) in [5.74, 6) is 1.93. The molecule has 0 spiro atoms. The maximum absolute atomic E-state index is 9.57. The number of nitrogens with zero attached hydrogens (tertiary/aromatic N) is 4. The van der Waals surface area contributed by atoms with Gasteiger partial charge < -0.3 is 52.5 Å². The average Bonchev–Trinajstić information content (AvgIpc) is 0.933. The summed E-state index contributed by atoms with van der Waals surface area (Å²) < 4.78 is 15.5. The van der Waals surface area contributed by atoms with Crippen molar-refractivity contribution >= 4 is 0 Å². The molecule has 5 aromatic rings. The highest BCUT2D eigenvalue weighted by atomic mass is 16.5. The molecule has 5 rings (SSSR count). The number of aliphatic hydroxyl groups is 2. The number of likely N-dealkylation sites (N-methyl/N-ethyl adjacent to an activating group) is 2. The van der Waals surface area contributed by atoms with E-state index in [1.165, 1.54) is 235 Å². The maximum Gasteiger partial charge on any atom is 0.137 e. The lowest BCUT2D eigenvalue weighted by Gasteiger charge is -2.38. The van der Waals surface area contributed by atoms with E-state index in [1.807, 2.05) is 66.7 Å². The molecule has 0 aliphatic carbocycles. The van der Waals surface area contributed by atoms with Gasteiger partial charge >= 0.3 is 0 Å². The predicted molar refractivity (Wildman–Crippen MR) is 430 cm³/mol. The summed E-state index contributed by atoms with van der Waals surface area (Å²) in [7, 11) is 13.9. The number of para-hydroxylation sites is 2. The molecule has 0 saturated heterocycles. The second-order valence-corrected chi connectivity index (χ2v) is 29.2. The molecule has 2 N–H and O–H groups in total. The highest BCUT2D eigenvalue weighted by Gasteiger charge is 2.26. The molecule has 0 amide bonds. The monoisotopic (exact) mass is 1350 g/mol. The first-order valence-electron chi connectivity index (χ1n) is 38.2. The van der Waals surface area contributed by atoms with Crippen LogP contribution in [0.1, 0.15) is 258 Å². The molecule has 0 saturated carbocycles. The number of hydrogen-bond donors (Lipinski definition) is 2. The van der Waals surface area contributed by atoms with Crippen LogP contribution in [0.5, 0.6) is 11.5 Å². The van der Waals surface area contributed by atoms with Crippen molar-refractivity contribution in [1.82, 2.24) is 0 Å². The van der Waals surface area contributed by atoms with Crippen molar-refractivity contribution in [2.24, 2.45) is 0 Å². The van der Waals surface area contributed by atoms with Crippen molar-refractivity contribution in [3.05, 3.63) is 183 Å². The number of rotatable bonds is 53. The molecular weight excluding hydrogens is 1190 g/mol. The third-order valence-electron chi connectivity index (χ3n) is 18.6. The second kappa shape index (κ2) is 64.8. The van der Waals surface area contributed by atoms with Crippen molar-refractivity contribution in [3.63, 3.8) is 0 Å². The van der Waals surface area contributed by atoms with Crippen LogP contribution in [-0.2, 0) is 19.6 Å². The minimum absolute atomic E-state index is 0. The molecule has 0 unspecified atom stereocenters. The Kier molecular flexibility index (Phi) is 64.6. The third-order valence-corrected chi connectivity index (χ3v) is 18.6. The van der Waals surface area contributed by atoms with E-state index in [1.54, 1.807) is 0 Å². The summed E-state index contributed by atoms with van der Waals surface area (Å²) in [5.41, 5.74) is 4.12. The van der Waals surface area contributed by atoms with Gasteiger partial charge in [-0.2, -0.15) is 0 Å². The summed E-state index contributed by atoms with van der Waals surface area (Å²) in [4.78, 5) is 0. The summed E-state index contributed by atoms with van der Waals surface area (Å²) in [6.45, 7) is 19.0. The van der Waals surface area contributed by atoms with Crippen LogP contribution in [-0.4, -0.2) is 143 Å². The standard InChI is InChI=1S/C23H42NO2.C23H42N.C22H40NO.C17H22NO.2CH4.2CH3/c1-2-3-4-5-6-7-8-9-10-14-17-24(18-20-25,19-21-26)22-23-15-12-11-13-16-23;1-4-5-6-7-8-9-10-11-12-13-14-18-21-24(2,3)22-23-19-16-15-17-20-23;1-4-5-6-7-8-9-10-11-12-16-19-23(2,3)20-21-24-22-17-14-13-15-18-22;1-18(2,15-16-9-5-3-6-10-16)13-14-19-17-11-7-4-8-12-17;;;;/h11-13,15-16,25-26H,2-10,14,17-22H2,1H3;15-17,19-20H,4-14,18,21-22H2,1-3H3;13-15,17-18H,4-12,16,19-21H2,1-3H3;3-12H,13-15H2,1-2H3;2*1H4;2*1H3/q4*+1;;;2*-1. The largest absolute Gasteiger partial charge is 0.488 e. The zero-order valence-electron chi connectivity index (χ0n) is 64.0. The average molecular weight is 1350 g/mol. The molecule has 0 aliphatic heterocycles. The fourth-order valence-electron chi connectivity index (χ4n) is 12.6. The Bertz CT molecular complexity index is 2330. The summed E-state index contributed by atoms with van der Waals surface area (Å²) in [6, 6.07) is 52.1. The van der Waals surface area contributed by atoms with Gasteiger partial charge in [0.25, 0.3) is 0 Å². The molecule has 0 radical (unpaired) electrons. The molecule has 0 heterocycles. The van der Waals surface area contributed by atoms with Crippen molar-refractivity contribution < 1.29 is 37.6 Å². The second-order valence-electron chi connectivity index (χ2n) is 29.2. The van der Waals surface area contributed by atoms with Gasteiger partial charge in [0.2, 0.25) is 0 Å². The van der Waals surface area contributed by atoms with Gasteiger partial charge in [-0.3, -0.25) is 0 Å². The smallest absolute Gasteiger partial charge is 0.137 e. The summed E-state index contributed by atoms with van der Waals surface area (Å²) in [6.07, 6.45) is 44.7. The Morgan fingerprint density at radius 2 is 0.485 bits per heavy atom. The highest BCUT2D eigenvalue weighted by Crippen LogP contribution is 2.21. The molecule has 0 aliphatic rings. The van der Waals surface area contributed by atoms with Gasteiger partial charge in [-0.25, -0.2) is 0 Å². The Balaban J connectivity index is -0.00000120. The van der Waals surface area contributed by atoms with E-state index >= 15 is 0 Å². The lowest BCUT2D eigenvalue weighted by Crippen LogP contribution is -2.51. The molecule has 0 bridgehead atoms. The SMILES string of the molecule is C.C.CCCCCCCCCCCCCC[N+](C)(C)Cc1ccccc1.CCCCCCCCCCCC[N+](C)(C)CCOc1ccccc1.CCCCCCCCCCCC[N+](CCO)(CCO)Cc1ccccc1.C[N+](C)(CCOc1ccccc1)Cc1ccccc1.[CH3-].[CH3-]. The summed E-state index contributed by atoms with van der Waals surface area (Å²) in [5, 5.41) is 19.1. The molecule has 8 nitrogen and oxygen atoms in total. The van der Waals surface area contributed by atoms with Crippen molar-refractivity contribution in [2.75, 3.05) is 115 Å². The molecule has 97 heavy (non-hydrogen) atoms. The number of quaternary nitrogens is 4. The minimum Gasteiger partial charge on any atom is -0.488 e. The summed E-state index contributed by atoms with van der Waals surface area (Å²) >= 11 is 0. The first kappa shape index (κ1) is 96.6. The van der Waals surface area contributed by atoms with Crippen LogP contribution in [0.4, 0.5) is 0 Å². The van der Waals surface area contributed by atoms with Crippen molar-refractivity contribution in [2.45, 2.75) is 261 Å². The predicted octanol–water partition coefficient (Wildman–Crippen LogP) is 23.5. The van der Waals surface area contributed by atoms with Gasteiger partial charge in [0, 0.05) is 16.7 Å². The van der Waals surface area contributed by atoms with Gasteiger partial charge in [-0.15, -0.1) is 0 Å². The number of benzene rings is 5. The Morgan fingerprint density at radius 1 is 0.258 bits per heavy atom. The first-order valence-corrected chi connectivity index (χ1v) is 38.2. The van der Waals surface area contributed by atoms with Crippen LogP contribution >= 0.6 is 0 Å². The zero-order valence-corrected chi connectivity index (χ0v) is 64.0. The maximum atomic E-state index is 9.57. The molecule has 0 atom stereocenters. The van der Waals surface area contributed by atoms with Gasteiger partial charge in [-0.05, 0) is 62.8 Å². The highest BCUT2D eigenvalue weighted by molar-refractivity contribution is 5.22. The molecule has 0 aromatic heterocycles. The van der Waals surface area contributed by atoms with Gasteiger partial charge in [0.15, 0.2) is 0 Å². The van der Waals surface area contributed by atoms with Gasteiger partial charge in [-0.1, -0.05) is 330 Å². The van der Waals surface area contributed by atoms with E-state index in [-0.39, 0.29) is 42.9 Å². The molecule has 8 heteroatoms. The van der Waals surface area contributed by atoms with Crippen LogP contribution in [0.25, 0.3) is 0 Å². The Morgan fingerprint density at radius 3 is 0.773 bits per heavy atom. The van der Waals surface area contributed by atoms with Crippen LogP contribution in [0.3, 0.4) is 0 Å². The van der Waals surface area contributed by atoms with E-state index in [9.17, 15) is 10.2 Å². The molecule has 0 fully saturated rings. The quantitative estimate of drug-likeness (QED) is 0.0231. The molecule has 558 valence electrons. The number of aliphatic hydroxyl groups excluding tert-OH is 2. The lowest BCUT2D eigenvalue weighted by atomic mass is 10.1. The zero-order chi connectivity index (χ0) is 67.5. The number of hydrogen-bond acceptors (Lipinski definition) is 4. The fourth-order valence-corrected chi connectivity index (χ4v) is 12.6. The van der Waals surface area contributed by atoms with E-state index in [0.717, 1.165) is 95.0 Å². The first-order chi connectivity index (χ1) is 45.2. The number of unbranched alkanes of at least 4 members (excludes halogenated alkanes) is 29. The van der Waals surface area contributed by atoms with Crippen LogP contribution < -0.4 is 9.47 Å². The van der Waals surface area contributed by atoms with E-state index in [2.05, 4.69) is 148 Å². The van der Waals surface area contributed by atoms with Crippen LogP contribution in [0, 0.1) is 14.9 Å². The van der Waals surface area contributed by atoms with Gasteiger partial charge in [0.05, 0.1) is 75.1 Å². The van der Waals surface area contributed by atoms with Crippen LogP contribution in [0.15, 0.2) is 152 Å².